The predicted molar refractivity (Wildman–Crippen MR) is 14.6 cm³/mol. The Morgan fingerprint density at radius 2 is 1.20 bits per heavy atom. The summed E-state index contributed by atoms with van der Waals surface area (Å²) in [6.45, 7) is 0. The summed E-state index contributed by atoms with van der Waals surface area (Å²) in [7, 11) is 0. The molecule has 0 bridgehead atoms. The second kappa shape index (κ2) is 249. The Kier molecular flexibility index (Phi) is 2530. The Hall–Kier alpha value is 0.463. The van der Waals surface area contributed by atoms with Crippen LogP contribution in [0.1, 0.15) is 0 Å². The fourth-order valence-corrected chi connectivity index (χ4v) is 0. The molecule has 0 aliphatic heterocycles. The van der Waals surface area contributed by atoms with Gasteiger partial charge in [-0.3, -0.25) is 0 Å². The van der Waals surface area contributed by atoms with E-state index in [9.17, 15) is 0 Å². The van der Waals surface area contributed by atoms with Crippen molar-refractivity contribution in [2.24, 2.45) is 5.90 Å². The van der Waals surface area contributed by atoms with Crippen molar-refractivity contribution in [2.75, 3.05) is 0 Å². The third-order valence-electron chi connectivity index (χ3n) is 0. The first kappa shape index (κ1) is 50.8. The number of rotatable bonds is 0. The molecule has 0 aromatic rings. The van der Waals surface area contributed by atoms with E-state index in [1.165, 1.54) is 0 Å². The topological polar surface area (TPSA) is 113 Å². The molecule has 0 fully saturated rings. The predicted octanol–water partition coefficient (Wildman–Crippen LogP) is -1.33. The summed E-state index contributed by atoms with van der Waals surface area (Å²) in [4.78, 5) is 0. The fraction of sp³-hybridized carbons (Fsp3) is 0. The normalized spacial score (nSPS) is 1.20. The van der Waals surface area contributed by atoms with Gasteiger partial charge in [0.1, 0.15) is 0 Å². The minimum absolute atomic E-state index is 0. The van der Waals surface area contributed by atoms with Crippen LogP contribution >= 0.6 is 0 Å². The van der Waals surface area contributed by atoms with Crippen molar-refractivity contribution < 1.29 is 30.2 Å². The monoisotopic (exact) mass is 171 g/mol. The Morgan fingerprint density at radius 3 is 1.20 bits per heavy atom. The van der Waals surface area contributed by atoms with Gasteiger partial charge in [0.05, 0.1) is 0 Å². The number of hydrogen-bond acceptors (Lipinski definition) is 3. The van der Waals surface area contributed by atoms with Crippen LogP contribution in [0.15, 0.2) is 0 Å². The first-order valence-corrected chi connectivity index (χ1v) is 0.258. The molecule has 5 heavy (non-hydrogen) atoms. The summed E-state index contributed by atoms with van der Waals surface area (Å²) in [6, 6.07) is 0. The van der Waals surface area contributed by atoms with Gasteiger partial charge in [0.25, 0.3) is 0 Å². The van der Waals surface area contributed by atoms with Crippen molar-refractivity contribution in [3.05, 3.63) is 0 Å². The van der Waals surface area contributed by atoms with Gasteiger partial charge in [0.15, 0.2) is 0 Å². The Bertz CT molecular complexity index is 7.61. The summed E-state index contributed by atoms with van der Waals surface area (Å²) in [5.74, 6) is 3.50. The molecule has 0 saturated heterocycles. The molecule has 0 amide bonds. The second-order valence-electron chi connectivity index (χ2n) is 0. The molecule has 0 aliphatic rings. The van der Waals surface area contributed by atoms with Crippen molar-refractivity contribution in [3.8, 4) is 0 Å². The van der Waals surface area contributed by atoms with E-state index in [2.05, 4.69) is 5.90 Å². The van der Waals surface area contributed by atoms with E-state index in [1.807, 2.05) is 0 Å². The first-order valence-electron chi connectivity index (χ1n) is 0.258. The molecular formula is H8N2O2Rh. The van der Waals surface area contributed by atoms with Gasteiger partial charge >= 0.3 is 0 Å². The molecule has 8 N–H and O–H groups in total. The van der Waals surface area contributed by atoms with Crippen LogP contribution in [0.2, 0.25) is 0 Å². The Labute approximate surface area is 43.0 Å². The zero-order valence-electron chi connectivity index (χ0n) is 2.57. The molecular weight excluding hydrogens is 163 g/mol. The van der Waals surface area contributed by atoms with Crippen molar-refractivity contribution in [2.45, 2.75) is 0 Å². The van der Waals surface area contributed by atoms with Gasteiger partial charge in [-0.15, -0.1) is 0 Å². The third-order valence-corrected chi connectivity index (χ3v) is 0. The van der Waals surface area contributed by atoms with Gasteiger partial charge in [-0.25, -0.2) is 5.90 Å². The van der Waals surface area contributed by atoms with Crippen molar-refractivity contribution in [1.29, 1.82) is 0 Å². The maximum absolute atomic E-state index is 6.50. The van der Waals surface area contributed by atoms with Crippen molar-refractivity contribution in [3.63, 3.8) is 0 Å². The van der Waals surface area contributed by atoms with Gasteiger partial charge in [0.2, 0.25) is 0 Å². The zero-order chi connectivity index (χ0) is 2.00. The molecule has 0 unspecified atom stereocenters. The van der Waals surface area contributed by atoms with Crippen LogP contribution in [-0.4, -0.2) is 10.7 Å². The van der Waals surface area contributed by atoms with Crippen molar-refractivity contribution >= 4 is 0 Å². The SMILES string of the molecule is N.NO.O.[Rh]. The van der Waals surface area contributed by atoms with E-state index in [-0.39, 0.29) is 31.1 Å². The van der Waals surface area contributed by atoms with Gasteiger partial charge in [-0.1, -0.05) is 0 Å². The van der Waals surface area contributed by atoms with Crippen LogP contribution in [0.4, 0.5) is 0 Å². The summed E-state index contributed by atoms with van der Waals surface area (Å²) >= 11 is 0. The second-order valence-corrected chi connectivity index (χ2v) is 0. The molecule has 0 aromatic carbocycles. The summed E-state index contributed by atoms with van der Waals surface area (Å²) in [5.41, 5.74) is 0. The molecule has 0 heterocycles. The molecule has 39 valence electrons. The summed E-state index contributed by atoms with van der Waals surface area (Å²) in [5, 5.41) is 6.50. The summed E-state index contributed by atoms with van der Waals surface area (Å²) in [6.07, 6.45) is 0. The third kappa shape index (κ3) is 126. The van der Waals surface area contributed by atoms with E-state index in [0.29, 0.717) is 0 Å². The van der Waals surface area contributed by atoms with E-state index < -0.39 is 0 Å². The molecule has 0 atom stereocenters. The van der Waals surface area contributed by atoms with Crippen LogP contribution in [0.25, 0.3) is 0 Å². The van der Waals surface area contributed by atoms with Gasteiger partial charge in [0, 0.05) is 19.5 Å². The van der Waals surface area contributed by atoms with Crippen LogP contribution in [0, 0.1) is 0 Å². The van der Waals surface area contributed by atoms with Crippen molar-refractivity contribution in [1.82, 2.24) is 6.15 Å². The molecule has 1 radical (unpaired) electrons. The average Bonchev–Trinajstić information content (AvgIpc) is 1.00. The molecule has 0 aliphatic carbocycles. The van der Waals surface area contributed by atoms with E-state index in [0.717, 1.165) is 0 Å². The first-order chi connectivity index (χ1) is 1.00. The minimum atomic E-state index is 0. The fourth-order valence-electron chi connectivity index (χ4n) is 0. The average molecular weight is 171 g/mol. The standard InChI is InChI=1S/H3NO.H3N.H2O.Rh/c1-2;;;/h2H,1H2;1H3;1H2;. The quantitative estimate of drug-likeness (QED) is 0.310. The molecule has 5 heteroatoms. The van der Waals surface area contributed by atoms with E-state index >= 15 is 0 Å². The maximum Gasteiger partial charge on any atom is 0 e. The Balaban J connectivity index is -0.00000000167. The van der Waals surface area contributed by atoms with Gasteiger partial charge in [-0.05, 0) is 0 Å². The minimum Gasteiger partial charge on any atom is -0.412 e. The van der Waals surface area contributed by atoms with Crippen LogP contribution in [-0.2, 0) is 19.5 Å². The van der Waals surface area contributed by atoms with Crippen LogP contribution in [0.5, 0.6) is 0 Å². The smallest absolute Gasteiger partial charge is 0 e. The van der Waals surface area contributed by atoms with Crippen LogP contribution < -0.4 is 12.0 Å². The van der Waals surface area contributed by atoms with E-state index in [1.54, 1.807) is 0 Å². The number of nitrogens with two attached hydrogens (primary N) is 1. The van der Waals surface area contributed by atoms with E-state index in [4.69, 9.17) is 5.21 Å². The molecule has 0 saturated carbocycles. The largest absolute Gasteiger partial charge is 0.412 e. The zero-order valence-corrected chi connectivity index (χ0v) is 4.20. The maximum atomic E-state index is 6.50. The van der Waals surface area contributed by atoms with Gasteiger partial charge in [-0.2, -0.15) is 0 Å². The summed E-state index contributed by atoms with van der Waals surface area (Å²) < 4.78 is 0. The molecule has 0 rings (SSSR count). The van der Waals surface area contributed by atoms with Gasteiger partial charge < -0.3 is 16.8 Å². The number of hydrogen-bond donors (Lipinski definition) is 3. The Morgan fingerprint density at radius 1 is 1.20 bits per heavy atom. The molecule has 4 nitrogen and oxygen atoms in total. The van der Waals surface area contributed by atoms with Crippen LogP contribution in [0.3, 0.4) is 0 Å². The molecule has 0 aromatic heterocycles. The molecule has 0 spiro atoms.